The lowest BCUT2D eigenvalue weighted by molar-refractivity contribution is -0.129. The van der Waals surface area contributed by atoms with E-state index in [-0.39, 0.29) is 17.9 Å². The Morgan fingerprint density at radius 3 is 2.62 bits per heavy atom. The minimum absolute atomic E-state index is 0.0988. The molecule has 3 aliphatic rings. The van der Waals surface area contributed by atoms with Crippen molar-refractivity contribution in [1.82, 2.24) is 20.7 Å². The highest BCUT2D eigenvalue weighted by Gasteiger charge is 2.28. The largest absolute Gasteiger partial charge is 0.378 e. The van der Waals surface area contributed by atoms with Crippen LogP contribution in [0.4, 0.5) is 5.69 Å². The van der Waals surface area contributed by atoms with E-state index in [1.807, 2.05) is 0 Å². The van der Waals surface area contributed by atoms with Gasteiger partial charge in [-0.2, -0.15) is 0 Å². The van der Waals surface area contributed by atoms with Gasteiger partial charge in [-0.25, -0.2) is 0 Å². The van der Waals surface area contributed by atoms with Crippen molar-refractivity contribution in [1.29, 1.82) is 0 Å². The maximum Gasteiger partial charge on any atom is 0.243 e. The SMILES string of the molecule is O=C(N[C@@H](CSNC1CCCCC1)C(=O)NCc1ccc(N2CCOCC2)cc1)[C@@H]1CSCN1. The van der Waals surface area contributed by atoms with Crippen molar-refractivity contribution in [2.75, 3.05) is 48.6 Å². The molecular formula is C24H37N5O3S2. The molecule has 4 rings (SSSR count). The molecule has 1 saturated carbocycles. The Morgan fingerprint density at radius 1 is 1.15 bits per heavy atom. The highest BCUT2D eigenvalue weighted by molar-refractivity contribution is 7.99. The summed E-state index contributed by atoms with van der Waals surface area (Å²) in [4.78, 5) is 28.0. The second-order valence-corrected chi connectivity index (χ2v) is 11.0. The molecule has 10 heteroatoms. The summed E-state index contributed by atoms with van der Waals surface area (Å²) in [6.45, 7) is 3.75. The first kappa shape index (κ1) is 25.6. The van der Waals surface area contributed by atoms with E-state index in [0.29, 0.717) is 18.3 Å². The lowest BCUT2D eigenvalue weighted by Crippen LogP contribution is -2.53. The Hall–Kier alpha value is -1.46. The minimum Gasteiger partial charge on any atom is -0.378 e. The molecule has 2 amide bonds. The molecule has 0 spiro atoms. The van der Waals surface area contributed by atoms with Gasteiger partial charge in [0.15, 0.2) is 0 Å². The average Bonchev–Trinajstić information content (AvgIpc) is 3.43. The lowest BCUT2D eigenvalue weighted by atomic mass is 9.96. The number of rotatable bonds is 10. The van der Waals surface area contributed by atoms with Gasteiger partial charge in [0.2, 0.25) is 11.8 Å². The van der Waals surface area contributed by atoms with Crippen LogP contribution in [0.5, 0.6) is 0 Å². The van der Waals surface area contributed by atoms with Gasteiger partial charge in [0.05, 0.1) is 19.3 Å². The third kappa shape index (κ3) is 7.78. The fraction of sp³-hybridized carbons (Fsp3) is 0.667. The molecule has 8 nitrogen and oxygen atoms in total. The van der Waals surface area contributed by atoms with Crippen molar-refractivity contribution < 1.29 is 14.3 Å². The molecule has 1 aromatic rings. The Bertz CT molecular complexity index is 779. The van der Waals surface area contributed by atoms with Crippen molar-refractivity contribution in [3.05, 3.63) is 29.8 Å². The molecule has 0 bridgehead atoms. The number of morpholine rings is 1. The fourth-order valence-electron chi connectivity index (χ4n) is 4.45. The standard InChI is InChI=1S/C24H37N5O3S2/c30-23(25-14-18-6-8-20(9-7-18)29-10-12-32-13-11-29)22(27-24(31)21-15-33-17-26-21)16-34-28-19-4-2-1-3-5-19/h6-9,19,21-22,26,28H,1-5,10-17H2,(H,25,30)(H,27,31)/t21-,22-/m0/s1. The van der Waals surface area contributed by atoms with Crippen molar-refractivity contribution in [2.45, 2.75) is 56.8 Å². The molecule has 1 aromatic carbocycles. The van der Waals surface area contributed by atoms with Crippen LogP contribution < -0.4 is 25.6 Å². The molecule has 2 heterocycles. The quantitative estimate of drug-likeness (QED) is 0.357. The summed E-state index contributed by atoms with van der Waals surface area (Å²) in [7, 11) is 0. The highest BCUT2D eigenvalue weighted by Crippen LogP contribution is 2.20. The smallest absolute Gasteiger partial charge is 0.243 e. The van der Waals surface area contributed by atoms with E-state index >= 15 is 0 Å². The monoisotopic (exact) mass is 507 g/mol. The third-order valence-corrected chi connectivity index (χ3v) is 8.49. The summed E-state index contributed by atoms with van der Waals surface area (Å²) in [6, 6.07) is 7.99. The van der Waals surface area contributed by atoms with Gasteiger partial charge in [0.1, 0.15) is 6.04 Å². The number of benzene rings is 1. The molecule has 2 aliphatic heterocycles. The predicted octanol–water partition coefficient (Wildman–Crippen LogP) is 1.86. The zero-order chi connectivity index (χ0) is 23.6. The van der Waals surface area contributed by atoms with E-state index in [1.54, 1.807) is 23.7 Å². The normalized spacial score (nSPS) is 22.4. The molecule has 34 heavy (non-hydrogen) atoms. The topological polar surface area (TPSA) is 94.7 Å². The molecule has 2 saturated heterocycles. The van der Waals surface area contributed by atoms with E-state index < -0.39 is 6.04 Å². The van der Waals surface area contributed by atoms with E-state index in [1.165, 1.54) is 37.8 Å². The molecule has 2 atom stereocenters. The number of hydrogen-bond acceptors (Lipinski definition) is 8. The second-order valence-electron chi connectivity index (χ2n) is 9.08. The van der Waals surface area contributed by atoms with Gasteiger partial charge in [-0.05, 0) is 30.5 Å². The summed E-state index contributed by atoms with van der Waals surface area (Å²) < 4.78 is 8.94. The van der Waals surface area contributed by atoms with E-state index in [9.17, 15) is 9.59 Å². The summed E-state index contributed by atoms with van der Waals surface area (Å²) in [5.74, 6) is 1.77. The van der Waals surface area contributed by atoms with E-state index in [2.05, 4.69) is 49.8 Å². The first-order valence-corrected chi connectivity index (χ1v) is 14.5. The van der Waals surface area contributed by atoms with Gasteiger partial charge < -0.3 is 20.3 Å². The molecule has 3 fully saturated rings. The number of anilines is 1. The maximum atomic E-state index is 13.0. The number of carbonyl (C=O) groups is 2. The first-order valence-electron chi connectivity index (χ1n) is 12.4. The molecule has 0 aromatic heterocycles. The van der Waals surface area contributed by atoms with Crippen LogP contribution in [0.3, 0.4) is 0 Å². The summed E-state index contributed by atoms with van der Waals surface area (Å²) in [5.41, 5.74) is 2.22. The molecule has 1 aliphatic carbocycles. The molecule has 0 radical (unpaired) electrons. The Labute approximate surface area is 211 Å². The van der Waals surface area contributed by atoms with Crippen LogP contribution in [0.15, 0.2) is 24.3 Å². The Morgan fingerprint density at radius 2 is 1.91 bits per heavy atom. The minimum atomic E-state index is -0.575. The zero-order valence-electron chi connectivity index (χ0n) is 19.7. The molecular weight excluding hydrogens is 470 g/mol. The predicted molar refractivity (Wildman–Crippen MR) is 140 cm³/mol. The number of ether oxygens (including phenoxy) is 1. The van der Waals surface area contributed by atoms with Gasteiger partial charge in [-0.1, -0.05) is 43.3 Å². The van der Waals surface area contributed by atoms with Crippen LogP contribution in [0.2, 0.25) is 0 Å². The van der Waals surface area contributed by atoms with E-state index in [0.717, 1.165) is 43.5 Å². The van der Waals surface area contributed by atoms with Crippen LogP contribution >= 0.6 is 23.7 Å². The second kappa shape index (κ2) is 13.6. The number of amides is 2. The number of thioether (sulfide) groups is 1. The van der Waals surface area contributed by atoms with Gasteiger partial charge >= 0.3 is 0 Å². The maximum absolute atomic E-state index is 13.0. The fourth-order valence-corrected chi connectivity index (χ4v) is 6.36. The van der Waals surface area contributed by atoms with Crippen LogP contribution in [0, 0.1) is 0 Å². The van der Waals surface area contributed by atoms with Crippen LogP contribution in [-0.4, -0.2) is 73.6 Å². The number of nitrogens with zero attached hydrogens (tertiary/aromatic N) is 1. The number of carbonyl (C=O) groups excluding carboxylic acids is 2. The lowest BCUT2D eigenvalue weighted by Gasteiger charge is -2.29. The van der Waals surface area contributed by atoms with Gasteiger partial charge in [0.25, 0.3) is 0 Å². The van der Waals surface area contributed by atoms with Gasteiger partial charge in [-0.15, -0.1) is 11.8 Å². The molecule has 188 valence electrons. The van der Waals surface area contributed by atoms with Crippen LogP contribution in [0.25, 0.3) is 0 Å². The van der Waals surface area contributed by atoms with Gasteiger partial charge in [0, 0.05) is 48.7 Å². The highest BCUT2D eigenvalue weighted by atomic mass is 32.2. The molecule has 4 N–H and O–H groups in total. The van der Waals surface area contributed by atoms with Crippen molar-refractivity contribution in [2.24, 2.45) is 0 Å². The summed E-state index contributed by atoms with van der Waals surface area (Å²) >= 11 is 3.25. The Balaban J connectivity index is 1.28. The van der Waals surface area contributed by atoms with Crippen molar-refractivity contribution in [3.63, 3.8) is 0 Å². The van der Waals surface area contributed by atoms with Gasteiger partial charge in [-0.3, -0.25) is 19.6 Å². The summed E-state index contributed by atoms with van der Waals surface area (Å²) in [6.07, 6.45) is 6.19. The van der Waals surface area contributed by atoms with Crippen LogP contribution in [0.1, 0.15) is 37.7 Å². The Kier molecular flexibility index (Phi) is 10.2. The number of hydrogen-bond donors (Lipinski definition) is 4. The average molecular weight is 508 g/mol. The number of nitrogens with one attached hydrogen (secondary N) is 4. The third-order valence-electron chi connectivity index (χ3n) is 6.55. The zero-order valence-corrected chi connectivity index (χ0v) is 21.4. The van der Waals surface area contributed by atoms with E-state index in [4.69, 9.17) is 4.74 Å². The van der Waals surface area contributed by atoms with Crippen molar-refractivity contribution >= 4 is 41.2 Å². The van der Waals surface area contributed by atoms with Crippen LogP contribution in [-0.2, 0) is 20.9 Å². The first-order chi connectivity index (χ1) is 16.7. The summed E-state index contributed by atoms with van der Waals surface area (Å²) in [5, 5.41) is 9.19. The van der Waals surface area contributed by atoms with Crippen molar-refractivity contribution in [3.8, 4) is 0 Å². The molecule has 0 unspecified atom stereocenters.